The molecule has 19 heavy (non-hydrogen) atoms. The molecular formula is C12H15N3O3S. The summed E-state index contributed by atoms with van der Waals surface area (Å²) in [4.78, 5) is 29.9. The van der Waals surface area contributed by atoms with Crippen LogP contribution in [0.5, 0.6) is 0 Å². The highest BCUT2D eigenvalue weighted by molar-refractivity contribution is 8.00. The average molecular weight is 281 g/mol. The zero-order valence-electron chi connectivity index (χ0n) is 11.0. The Bertz CT molecular complexity index is 562. The Labute approximate surface area is 115 Å². The topological polar surface area (TPSA) is 95.8 Å². The fourth-order valence-corrected chi connectivity index (χ4v) is 2.21. The number of nitrogens with zero attached hydrogens (tertiary/aromatic N) is 2. The number of ether oxygens (including phenoxy) is 1. The average Bonchev–Trinajstić information content (AvgIpc) is 2.38. The first kappa shape index (κ1) is 15.2. The molecule has 6 nitrogen and oxygen atoms in total. The molecule has 1 rings (SSSR count). The van der Waals surface area contributed by atoms with Crippen molar-refractivity contribution in [1.29, 1.82) is 5.26 Å². The Balaban J connectivity index is 2.98. The van der Waals surface area contributed by atoms with Gasteiger partial charge in [-0.3, -0.25) is 9.59 Å². The molecule has 0 saturated heterocycles. The molecule has 0 aromatic carbocycles. The van der Waals surface area contributed by atoms with Gasteiger partial charge in [0.15, 0.2) is 5.16 Å². The van der Waals surface area contributed by atoms with E-state index < -0.39 is 10.8 Å². The summed E-state index contributed by atoms with van der Waals surface area (Å²) in [5.41, 5.74) is -0.0200. The fourth-order valence-electron chi connectivity index (χ4n) is 1.40. The Morgan fingerprint density at radius 2 is 2.26 bits per heavy atom. The predicted octanol–water partition coefficient (Wildman–Crippen LogP) is 1.25. The van der Waals surface area contributed by atoms with Crippen molar-refractivity contribution in [3.8, 4) is 6.07 Å². The molecule has 0 aliphatic carbocycles. The van der Waals surface area contributed by atoms with Crippen LogP contribution >= 0.6 is 11.8 Å². The minimum Gasteiger partial charge on any atom is -0.465 e. The molecule has 0 spiro atoms. The van der Waals surface area contributed by atoms with Crippen LogP contribution in [-0.2, 0) is 16.0 Å². The van der Waals surface area contributed by atoms with Crippen molar-refractivity contribution in [2.24, 2.45) is 0 Å². The van der Waals surface area contributed by atoms with Crippen molar-refractivity contribution in [3.05, 3.63) is 21.6 Å². The lowest BCUT2D eigenvalue weighted by atomic mass is 10.2. The quantitative estimate of drug-likeness (QED) is 0.495. The molecule has 102 valence electrons. The zero-order chi connectivity index (χ0) is 14.4. The summed E-state index contributed by atoms with van der Waals surface area (Å²) >= 11 is 1.10. The number of H-pyrrole nitrogens is 1. The van der Waals surface area contributed by atoms with E-state index in [1.54, 1.807) is 13.8 Å². The summed E-state index contributed by atoms with van der Waals surface area (Å²) in [6.45, 7) is 5.52. The van der Waals surface area contributed by atoms with Crippen LogP contribution in [-0.4, -0.2) is 27.8 Å². The predicted molar refractivity (Wildman–Crippen MR) is 70.9 cm³/mol. The van der Waals surface area contributed by atoms with E-state index in [4.69, 9.17) is 10.00 Å². The van der Waals surface area contributed by atoms with E-state index in [0.29, 0.717) is 23.9 Å². The third kappa shape index (κ3) is 3.83. The summed E-state index contributed by atoms with van der Waals surface area (Å²) in [7, 11) is 0. The molecular weight excluding hydrogens is 266 g/mol. The Morgan fingerprint density at radius 1 is 1.58 bits per heavy atom. The van der Waals surface area contributed by atoms with Crippen LogP contribution in [0, 0.1) is 11.3 Å². The zero-order valence-corrected chi connectivity index (χ0v) is 11.8. The second-order valence-corrected chi connectivity index (χ2v) is 5.00. The van der Waals surface area contributed by atoms with E-state index in [1.807, 2.05) is 13.0 Å². The van der Waals surface area contributed by atoms with Gasteiger partial charge in [0.1, 0.15) is 16.9 Å². The van der Waals surface area contributed by atoms with Crippen LogP contribution in [0.3, 0.4) is 0 Å². The maximum absolute atomic E-state index is 11.7. The Hall–Kier alpha value is -1.81. The highest BCUT2D eigenvalue weighted by Gasteiger charge is 2.18. The number of aromatic nitrogens is 2. The molecule has 0 amide bonds. The van der Waals surface area contributed by atoms with Gasteiger partial charge in [-0.1, -0.05) is 18.7 Å². The maximum Gasteiger partial charge on any atom is 0.319 e. The van der Waals surface area contributed by atoms with Gasteiger partial charge in [0.2, 0.25) is 0 Å². The highest BCUT2D eigenvalue weighted by Crippen LogP contribution is 2.20. The number of hydrogen-bond donors (Lipinski definition) is 1. The number of aryl methyl sites for hydroxylation is 1. The van der Waals surface area contributed by atoms with Crippen LogP contribution in [0.1, 0.15) is 32.0 Å². The smallest absolute Gasteiger partial charge is 0.319 e. The molecule has 0 unspecified atom stereocenters. The Morgan fingerprint density at radius 3 is 2.79 bits per heavy atom. The number of aromatic amines is 1. The van der Waals surface area contributed by atoms with Gasteiger partial charge in [0, 0.05) is 0 Å². The van der Waals surface area contributed by atoms with Crippen molar-refractivity contribution in [1.82, 2.24) is 9.97 Å². The minimum atomic E-state index is -0.479. The van der Waals surface area contributed by atoms with E-state index in [0.717, 1.165) is 11.8 Å². The molecule has 1 atom stereocenters. The Kier molecular flexibility index (Phi) is 5.57. The van der Waals surface area contributed by atoms with Crippen LogP contribution in [0.25, 0.3) is 0 Å². The molecule has 7 heteroatoms. The summed E-state index contributed by atoms with van der Waals surface area (Å²) in [5, 5.41) is 8.72. The lowest BCUT2D eigenvalue weighted by Crippen LogP contribution is -2.20. The van der Waals surface area contributed by atoms with E-state index >= 15 is 0 Å². The molecule has 0 bridgehead atoms. The number of esters is 1. The van der Waals surface area contributed by atoms with Gasteiger partial charge in [-0.25, -0.2) is 4.98 Å². The monoisotopic (exact) mass is 281 g/mol. The number of thioether (sulfide) groups is 1. The first-order chi connectivity index (χ1) is 9.03. The second kappa shape index (κ2) is 6.95. The molecule has 1 aromatic rings. The lowest BCUT2D eigenvalue weighted by Gasteiger charge is -2.10. The van der Waals surface area contributed by atoms with E-state index in [9.17, 15) is 9.59 Å². The fraction of sp³-hybridized carbons (Fsp3) is 0.500. The van der Waals surface area contributed by atoms with Crippen LogP contribution < -0.4 is 5.56 Å². The third-order valence-corrected chi connectivity index (χ3v) is 3.29. The largest absolute Gasteiger partial charge is 0.465 e. The SMILES string of the molecule is CCOC(=O)[C@H](C)Sc1nc(CC)c(C#N)c(=O)[nH]1. The molecule has 0 aliphatic rings. The summed E-state index contributed by atoms with van der Waals surface area (Å²) in [6.07, 6.45) is 0.480. The third-order valence-electron chi connectivity index (χ3n) is 2.33. The first-order valence-electron chi connectivity index (χ1n) is 5.90. The van der Waals surface area contributed by atoms with Gasteiger partial charge in [-0.2, -0.15) is 5.26 Å². The second-order valence-electron chi connectivity index (χ2n) is 3.67. The van der Waals surface area contributed by atoms with Gasteiger partial charge in [-0.05, 0) is 20.3 Å². The van der Waals surface area contributed by atoms with E-state index in [-0.39, 0.29) is 11.5 Å². The number of nitrogens with one attached hydrogen (secondary N) is 1. The molecule has 1 heterocycles. The van der Waals surface area contributed by atoms with Gasteiger partial charge in [0.25, 0.3) is 5.56 Å². The van der Waals surface area contributed by atoms with Crippen molar-refractivity contribution in [3.63, 3.8) is 0 Å². The van der Waals surface area contributed by atoms with Crippen molar-refractivity contribution in [2.75, 3.05) is 6.61 Å². The normalized spacial score (nSPS) is 11.7. The lowest BCUT2D eigenvalue weighted by molar-refractivity contribution is -0.142. The standard InChI is InChI=1S/C12H15N3O3S/c1-4-9-8(6-13)10(16)15-12(14-9)19-7(3)11(17)18-5-2/h7H,4-5H2,1-3H3,(H,14,15,16)/t7-/m0/s1. The van der Waals surface area contributed by atoms with E-state index in [1.165, 1.54) is 0 Å². The number of carbonyl (C=O) groups is 1. The number of hydrogen-bond acceptors (Lipinski definition) is 6. The van der Waals surface area contributed by atoms with Gasteiger partial charge < -0.3 is 9.72 Å². The van der Waals surface area contributed by atoms with Gasteiger partial charge in [0.05, 0.1) is 12.3 Å². The van der Waals surface area contributed by atoms with Crippen molar-refractivity contribution >= 4 is 17.7 Å². The van der Waals surface area contributed by atoms with Gasteiger partial charge in [-0.15, -0.1) is 0 Å². The highest BCUT2D eigenvalue weighted by atomic mass is 32.2. The van der Waals surface area contributed by atoms with Crippen LogP contribution in [0.2, 0.25) is 0 Å². The summed E-state index contributed by atoms with van der Waals surface area (Å²) < 4.78 is 4.88. The molecule has 0 fully saturated rings. The maximum atomic E-state index is 11.7. The summed E-state index contributed by atoms with van der Waals surface area (Å²) in [6, 6.07) is 1.83. The first-order valence-corrected chi connectivity index (χ1v) is 6.78. The summed E-state index contributed by atoms with van der Waals surface area (Å²) in [5.74, 6) is -0.363. The molecule has 0 saturated carbocycles. The van der Waals surface area contributed by atoms with Crippen LogP contribution in [0.4, 0.5) is 0 Å². The number of nitriles is 1. The van der Waals surface area contributed by atoms with Crippen molar-refractivity contribution < 1.29 is 9.53 Å². The van der Waals surface area contributed by atoms with Crippen LogP contribution in [0.15, 0.2) is 9.95 Å². The molecule has 0 radical (unpaired) electrons. The van der Waals surface area contributed by atoms with E-state index in [2.05, 4.69) is 9.97 Å². The van der Waals surface area contributed by atoms with Gasteiger partial charge >= 0.3 is 5.97 Å². The molecule has 1 N–H and O–H groups in total. The minimum absolute atomic E-state index is 0.0237. The number of carbonyl (C=O) groups excluding carboxylic acids is 1. The molecule has 0 aliphatic heterocycles. The molecule has 1 aromatic heterocycles. The number of rotatable bonds is 5. The van der Waals surface area contributed by atoms with Crippen molar-refractivity contribution in [2.45, 2.75) is 37.6 Å².